The van der Waals surface area contributed by atoms with E-state index in [4.69, 9.17) is 5.73 Å². The van der Waals surface area contributed by atoms with Crippen molar-refractivity contribution in [3.05, 3.63) is 53.9 Å². The second-order valence-corrected chi connectivity index (χ2v) is 9.24. The lowest BCUT2D eigenvalue weighted by molar-refractivity contribution is 0.0963. The third kappa shape index (κ3) is 5.38. The van der Waals surface area contributed by atoms with Crippen LogP contribution in [0, 0.1) is 0 Å². The first-order valence-corrected chi connectivity index (χ1v) is 11.6. The molecule has 1 fully saturated rings. The van der Waals surface area contributed by atoms with Crippen molar-refractivity contribution in [1.82, 2.24) is 25.0 Å². The lowest BCUT2D eigenvalue weighted by Crippen LogP contribution is -2.25. The zero-order valence-corrected chi connectivity index (χ0v) is 19.4. The van der Waals surface area contributed by atoms with Crippen molar-refractivity contribution in [3.63, 3.8) is 0 Å². The van der Waals surface area contributed by atoms with Gasteiger partial charge in [0.15, 0.2) is 0 Å². The number of fused-ring (bicyclic) bond motifs is 1. The molecule has 9 nitrogen and oxygen atoms in total. The Bertz CT molecular complexity index is 1320. The lowest BCUT2D eigenvalue weighted by atomic mass is 10.0. The fraction of sp³-hybridized carbons (Fsp3) is 0.286. The van der Waals surface area contributed by atoms with Crippen molar-refractivity contribution in [1.29, 1.82) is 0 Å². The Labute approximate surface area is 196 Å². The van der Waals surface area contributed by atoms with Crippen LogP contribution in [0.1, 0.15) is 23.2 Å². The summed E-state index contributed by atoms with van der Waals surface area (Å²) in [7, 11) is -2.17. The number of nitrogens with zero attached hydrogens (tertiary/aromatic N) is 3. The first-order chi connectivity index (χ1) is 15.3. The summed E-state index contributed by atoms with van der Waals surface area (Å²) in [6, 6.07) is 9.56. The maximum absolute atomic E-state index is 14.1. The molecule has 0 atom stereocenters. The predicted molar refractivity (Wildman–Crippen MR) is 125 cm³/mol. The molecular formula is C21H24ClFN6O3S. The zero-order chi connectivity index (χ0) is 22.9. The van der Waals surface area contributed by atoms with Gasteiger partial charge in [-0.1, -0.05) is 17.3 Å². The summed E-state index contributed by atoms with van der Waals surface area (Å²) in [5.41, 5.74) is 7.59. The van der Waals surface area contributed by atoms with Gasteiger partial charge < -0.3 is 11.1 Å². The molecule has 0 spiro atoms. The summed E-state index contributed by atoms with van der Waals surface area (Å²) in [5.74, 6) is -0.830. The molecular weight excluding hydrogens is 471 g/mol. The number of hydrogen-bond acceptors (Lipinski definition) is 6. The number of nitrogens with two attached hydrogens (primary N) is 1. The maximum atomic E-state index is 14.1. The topological polar surface area (TPSA) is 132 Å². The molecule has 4 N–H and O–H groups in total. The van der Waals surface area contributed by atoms with E-state index in [0.717, 1.165) is 12.8 Å². The normalized spacial score (nSPS) is 14.2. The third-order valence-electron chi connectivity index (χ3n) is 5.10. The van der Waals surface area contributed by atoms with Crippen LogP contribution in [0.5, 0.6) is 0 Å². The number of nitrogens with one attached hydrogen (secondary N) is 2. The molecule has 0 aliphatic heterocycles. The highest BCUT2D eigenvalue weighted by atomic mass is 35.5. The van der Waals surface area contributed by atoms with Crippen LogP contribution in [-0.4, -0.2) is 49.0 Å². The highest BCUT2D eigenvalue weighted by Gasteiger charge is 2.28. The lowest BCUT2D eigenvalue weighted by Gasteiger charge is -2.10. The highest BCUT2D eigenvalue weighted by molar-refractivity contribution is 7.89. The van der Waals surface area contributed by atoms with Crippen molar-refractivity contribution in [2.24, 2.45) is 5.73 Å². The van der Waals surface area contributed by atoms with Crippen LogP contribution in [0.4, 0.5) is 4.39 Å². The molecule has 1 amide bonds. The molecule has 4 rings (SSSR count). The SMILES string of the molecule is CNC(=O)c1cc(-c2cccc(S(=O)(=O)NC3CC3)c2)c2nnn(C/C(F)=C/CN)c2c1.Cl. The quantitative estimate of drug-likeness (QED) is 0.439. The summed E-state index contributed by atoms with van der Waals surface area (Å²) in [6.45, 7) is -0.145. The van der Waals surface area contributed by atoms with Crippen molar-refractivity contribution in [2.45, 2.75) is 30.3 Å². The smallest absolute Gasteiger partial charge is 0.251 e. The molecule has 0 saturated heterocycles. The summed E-state index contributed by atoms with van der Waals surface area (Å²) in [6.07, 6.45) is 2.89. The Morgan fingerprint density at radius 1 is 1.30 bits per heavy atom. The summed E-state index contributed by atoms with van der Waals surface area (Å²) in [5, 5.41) is 10.8. The van der Waals surface area contributed by atoms with Gasteiger partial charge in [0, 0.05) is 30.8 Å². The number of carbonyl (C=O) groups is 1. The largest absolute Gasteiger partial charge is 0.355 e. The first-order valence-electron chi connectivity index (χ1n) is 10.1. The number of amides is 1. The molecule has 1 heterocycles. The van der Waals surface area contributed by atoms with E-state index in [0.29, 0.717) is 27.7 Å². The molecule has 176 valence electrons. The summed E-state index contributed by atoms with van der Waals surface area (Å²) in [4.78, 5) is 12.5. The summed E-state index contributed by atoms with van der Waals surface area (Å²) < 4.78 is 43.4. The van der Waals surface area contributed by atoms with Gasteiger partial charge in [-0.3, -0.25) is 4.79 Å². The van der Waals surface area contributed by atoms with E-state index in [9.17, 15) is 17.6 Å². The van der Waals surface area contributed by atoms with E-state index >= 15 is 0 Å². The van der Waals surface area contributed by atoms with Gasteiger partial charge in [0.25, 0.3) is 5.91 Å². The van der Waals surface area contributed by atoms with Crippen LogP contribution in [0.3, 0.4) is 0 Å². The molecule has 12 heteroatoms. The van der Waals surface area contributed by atoms with Gasteiger partial charge in [0.05, 0.1) is 17.0 Å². The highest BCUT2D eigenvalue weighted by Crippen LogP contribution is 2.31. The second-order valence-electron chi connectivity index (χ2n) is 7.53. The van der Waals surface area contributed by atoms with Crippen LogP contribution in [0.2, 0.25) is 0 Å². The molecule has 1 saturated carbocycles. The van der Waals surface area contributed by atoms with Gasteiger partial charge >= 0.3 is 0 Å². The zero-order valence-electron chi connectivity index (χ0n) is 17.8. The Morgan fingerprint density at radius 3 is 2.73 bits per heavy atom. The van der Waals surface area contributed by atoms with Crippen LogP contribution >= 0.6 is 12.4 Å². The van der Waals surface area contributed by atoms with E-state index in [1.54, 1.807) is 24.3 Å². The van der Waals surface area contributed by atoms with Crippen molar-refractivity contribution < 1.29 is 17.6 Å². The summed E-state index contributed by atoms with van der Waals surface area (Å²) >= 11 is 0. The average Bonchev–Trinajstić information content (AvgIpc) is 3.50. The molecule has 33 heavy (non-hydrogen) atoms. The van der Waals surface area contributed by atoms with Crippen molar-refractivity contribution in [2.75, 3.05) is 13.6 Å². The minimum absolute atomic E-state index is 0. The monoisotopic (exact) mass is 494 g/mol. The van der Waals surface area contributed by atoms with Crippen LogP contribution in [0.15, 0.2) is 53.2 Å². The van der Waals surface area contributed by atoms with Gasteiger partial charge in [0.1, 0.15) is 11.3 Å². The van der Waals surface area contributed by atoms with E-state index in [-0.39, 0.29) is 42.3 Å². The number of benzene rings is 2. The van der Waals surface area contributed by atoms with Gasteiger partial charge in [-0.15, -0.1) is 17.5 Å². The van der Waals surface area contributed by atoms with Gasteiger partial charge in [-0.2, -0.15) is 0 Å². The van der Waals surface area contributed by atoms with Crippen molar-refractivity contribution >= 4 is 39.4 Å². The van der Waals surface area contributed by atoms with E-state index in [2.05, 4.69) is 20.4 Å². The molecule has 1 aliphatic carbocycles. The molecule has 0 unspecified atom stereocenters. The average molecular weight is 495 g/mol. The molecule has 0 radical (unpaired) electrons. The Kier molecular flexibility index (Phi) is 7.48. The molecule has 0 bridgehead atoms. The number of carbonyl (C=O) groups excluding carboxylic acids is 1. The molecule has 3 aromatic rings. The number of allylic oxidation sites excluding steroid dienone is 1. The van der Waals surface area contributed by atoms with Gasteiger partial charge in [-0.05, 0) is 48.7 Å². The minimum Gasteiger partial charge on any atom is -0.355 e. The first kappa shape index (κ1) is 24.8. The Hall–Kier alpha value is -2.86. The number of rotatable bonds is 8. The second kappa shape index (κ2) is 9.96. The van der Waals surface area contributed by atoms with E-state index < -0.39 is 15.9 Å². The number of aromatic nitrogens is 3. The van der Waals surface area contributed by atoms with Gasteiger partial charge in [-0.25, -0.2) is 22.2 Å². The molecule has 1 aliphatic rings. The van der Waals surface area contributed by atoms with Crippen LogP contribution < -0.4 is 15.8 Å². The van der Waals surface area contributed by atoms with Crippen LogP contribution in [-0.2, 0) is 16.6 Å². The standard InChI is InChI=1S/C21H23FN6O3S.ClH/c1-24-21(29)14-10-18(20-19(11-14)28(27-25-20)12-15(22)7-8-23)13-3-2-4-17(9-13)32(30,31)26-16-5-6-16;/h2-4,7,9-11,16,26H,5-6,8,12,23H2,1H3,(H,24,29);1H/b15-7-;. The molecule has 1 aromatic heterocycles. The maximum Gasteiger partial charge on any atom is 0.251 e. The molecule has 2 aromatic carbocycles. The van der Waals surface area contributed by atoms with Crippen molar-refractivity contribution in [3.8, 4) is 11.1 Å². The number of sulfonamides is 1. The number of halogens is 2. The fourth-order valence-corrected chi connectivity index (χ4v) is 4.69. The Morgan fingerprint density at radius 2 is 2.06 bits per heavy atom. The Balaban J connectivity index is 0.00000306. The van der Waals surface area contributed by atoms with Crippen LogP contribution in [0.25, 0.3) is 22.2 Å². The van der Waals surface area contributed by atoms with E-state index in [1.165, 1.54) is 29.9 Å². The predicted octanol–water partition coefficient (Wildman–Crippen LogP) is 2.13. The minimum atomic E-state index is -3.67. The fourth-order valence-electron chi connectivity index (χ4n) is 3.34. The third-order valence-corrected chi connectivity index (χ3v) is 6.62. The van der Waals surface area contributed by atoms with Gasteiger partial charge in [0.2, 0.25) is 10.0 Å². The number of hydrogen-bond donors (Lipinski definition) is 3. The van der Waals surface area contributed by atoms with E-state index in [1.807, 2.05) is 0 Å².